The van der Waals surface area contributed by atoms with Crippen LogP contribution in [0.15, 0.2) is 54.6 Å². The van der Waals surface area contributed by atoms with Gasteiger partial charge in [-0.2, -0.15) is 0 Å². The van der Waals surface area contributed by atoms with Crippen molar-refractivity contribution in [1.29, 1.82) is 0 Å². The minimum Gasteiger partial charge on any atom is -0.492 e. The summed E-state index contributed by atoms with van der Waals surface area (Å²) in [5.74, 6) is 0.857. The van der Waals surface area contributed by atoms with Gasteiger partial charge in [0.2, 0.25) is 0 Å². The molecule has 0 aliphatic heterocycles. The zero-order chi connectivity index (χ0) is 12.1. The van der Waals surface area contributed by atoms with Crippen molar-refractivity contribution in [1.82, 2.24) is 0 Å². The Bertz CT molecular complexity index is 450. The molecule has 0 bridgehead atoms. The molecule has 0 aliphatic rings. The first-order chi connectivity index (χ1) is 8.25. The maximum Gasteiger partial charge on any atom is 0.119 e. The summed E-state index contributed by atoms with van der Waals surface area (Å²) >= 11 is 0. The minimum atomic E-state index is -0.0872. The van der Waals surface area contributed by atoms with Crippen LogP contribution in [0.25, 0.3) is 0 Å². The molecule has 17 heavy (non-hydrogen) atoms. The Morgan fingerprint density at radius 2 is 1.65 bits per heavy atom. The Morgan fingerprint density at radius 1 is 1.00 bits per heavy atom. The summed E-state index contributed by atoms with van der Waals surface area (Å²) < 4.78 is 5.63. The summed E-state index contributed by atoms with van der Waals surface area (Å²) in [6.07, 6.45) is 0. The van der Waals surface area contributed by atoms with E-state index in [0.717, 1.165) is 11.3 Å². The van der Waals surface area contributed by atoms with Gasteiger partial charge in [-0.3, -0.25) is 0 Å². The van der Waals surface area contributed by atoms with Crippen molar-refractivity contribution in [2.45, 2.75) is 13.0 Å². The van der Waals surface area contributed by atoms with Gasteiger partial charge in [-0.1, -0.05) is 48.0 Å². The third-order valence-corrected chi connectivity index (χ3v) is 2.68. The normalized spacial score (nSPS) is 12.1. The molecule has 2 N–H and O–H groups in total. The van der Waals surface area contributed by atoms with Gasteiger partial charge in [0.15, 0.2) is 0 Å². The summed E-state index contributed by atoms with van der Waals surface area (Å²) in [6.45, 7) is 2.56. The predicted octanol–water partition coefficient (Wildman–Crippen LogP) is 3.07. The summed E-state index contributed by atoms with van der Waals surface area (Å²) in [4.78, 5) is 0. The molecule has 0 saturated heterocycles. The zero-order valence-corrected chi connectivity index (χ0v) is 9.97. The van der Waals surface area contributed by atoms with Crippen molar-refractivity contribution < 1.29 is 4.74 Å². The highest BCUT2D eigenvalue weighted by Crippen LogP contribution is 2.14. The summed E-state index contributed by atoms with van der Waals surface area (Å²) in [7, 11) is 0. The molecule has 0 fully saturated rings. The average molecular weight is 227 g/mol. The molecule has 0 heterocycles. The van der Waals surface area contributed by atoms with Crippen LogP contribution in [0, 0.1) is 6.92 Å². The van der Waals surface area contributed by atoms with E-state index in [1.165, 1.54) is 5.56 Å². The molecule has 0 spiro atoms. The summed E-state index contributed by atoms with van der Waals surface area (Å²) in [5, 5.41) is 0. The van der Waals surface area contributed by atoms with Crippen molar-refractivity contribution >= 4 is 0 Å². The van der Waals surface area contributed by atoms with E-state index in [1.807, 2.05) is 42.5 Å². The molecule has 0 aromatic heterocycles. The number of rotatable bonds is 4. The van der Waals surface area contributed by atoms with Crippen LogP contribution in [-0.4, -0.2) is 6.61 Å². The molecule has 0 saturated carbocycles. The number of benzene rings is 2. The number of ether oxygens (including phenoxy) is 1. The van der Waals surface area contributed by atoms with Crippen molar-refractivity contribution in [2.24, 2.45) is 5.73 Å². The van der Waals surface area contributed by atoms with E-state index in [4.69, 9.17) is 10.5 Å². The fraction of sp³-hybridized carbons (Fsp3) is 0.200. The molecular formula is C15H17NO. The highest BCUT2D eigenvalue weighted by atomic mass is 16.5. The second-order valence-electron chi connectivity index (χ2n) is 4.14. The standard InChI is InChI=1S/C15H17NO/c1-12-7-9-13(10-8-12)15(16)11-17-14-5-3-2-4-6-14/h2-10,15H,11,16H2,1H3. The lowest BCUT2D eigenvalue weighted by Crippen LogP contribution is -2.18. The molecule has 0 amide bonds. The Hall–Kier alpha value is -1.80. The van der Waals surface area contributed by atoms with Crippen LogP contribution in [0.4, 0.5) is 0 Å². The van der Waals surface area contributed by atoms with Gasteiger partial charge >= 0.3 is 0 Å². The summed E-state index contributed by atoms with van der Waals surface area (Å²) in [6, 6.07) is 17.9. The molecule has 1 atom stereocenters. The zero-order valence-electron chi connectivity index (χ0n) is 9.97. The van der Waals surface area contributed by atoms with Crippen molar-refractivity contribution in [3.05, 3.63) is 65.7 Å². The fourth-order valence-electron chi connectivity index (χ4n) is 1.61. The van der Waals surface area contributed by atoms with Gasteiger partial charge < -0.3 is 10.5 Å². The largest absolute Gasteiger partial charge is 0.492 e. The first-order valence-corrected chi connectivity index (χ1v) is 5.76. The van der Waals surface area contributed by atoms with Crippen LogP contribution in [0.5, 0.6) is 5.75 Å². The van der Waals surface area contributed by atoms with Gasteiger partial charge in [0, 0.05) is 0 Å². The Kier molecular flexibility index (Phi) is 3.78. The Balaban J connectivity index is 1.93. The average Bonchev–Trinajstić information content (AvgIpc) is 2.38. The van der Waals surface area contributed by atoms with Gasteiger partial charge in [0.05, 0.1) is 6.04 Å². The molecule has 88 valence electrons. The van der Waals surface area contributed by atoms with Crippen molar-refractivity contribution in [3.8, 4) is 5.75 Å². The van der Waals surface area contributed by atoms with Crippen molar-refractivity contribution in [2.75, 3.05) is 6.61 Å². The number of hydrogen-bond acceptors (Lipinski definition) is 2. The predicted molar refractivity (Wildman–Crippen MR) is 70.0 cm³/mol. The molecule has 0 radical (unpaired) electrons. The first kappa shape index (κ1) is 11.7. The molecular weight excluding hydrogens is 210 g/mol. The van der Waals surface area contributed by atoms with Gasteiger partial charge in [0.1, 0.15) is 12.4 Å². The molecule has 2 aromatic rings. The monoisotopic (exact) mass is 227 g/mol. The highest BCUT2D eigenvalue weighted by molar-refractivity contribution is 5.25. The molecule has 2 aromatic carbocycles. The van der Waals surface area contributed by atoms with Crippen LogP contribution >= 0.6 is 0 Å². The van der Waals surface area contributed by atoms with E-state index in [2.05, 4.69) is 19.1 Å². The van der Waals surface area contributed by atoms with Gasteiger partial charge in [-0.25, -0.2) is 0 Å². The molecule has 2 heteroatoms. The van der Waals surface area contributed by atoms with E-state index in [-0.39, 0.29) is 6.04 Å². The number of para-hydroxylation sites is 1. The smallest absolute Gasteiger partial charge is 0.119 e. The van der Waals surface area contributed by atoms with Crippen LogP contribution < -0.4 is 10.5 Å². The van der Waals surface area contributed by atoms with Gasteiger partial charge in [0.25, 0.3) is 0 Å². The quantitative estimate of drug-likeness (QED) is 0.871. The maximum absolute atomic E-state index is 6.07. The third-order valence-electron chi connectivity index (χ3n) is 2.68. The molecule has 2 rings (SSSR count). The van der Waals surface area contributed by atoms with Crippen LogP contribution in [0.1, 0.15) is 17.2 Å². The Morgan fingerprint density at radius 3 is 2.29 bits per heavy atom. The fourth-order valence-corrected chi connectivity index (χ4v) is 1.61. The lowest BCUT2D eigenvalue weighted by molar-refractivity contribution is 0.290. The SMILES string of the molecule is Cc1ccc(C(N)COc2ccccc2)cc1. The van der Waals surface area contributed by atoms with Crippen LogP contribution in [0.3, 0.4) is 0 Å². The highest BCUT2D eigenvalue weighted by Gasteiger charge is 2.06. The first-order valence-electron chi connectivity index (χ1n) is 5.76. The molecule has 2 nitrogen and oxygen atoms in total. The molecule has 1 unspecified atom stereocenters. The maximum atomic E-state index is 6.07. The van der Waals surface area contributed by atoms with E-state index < -0.39 is 0 Å². The van der Waals surface area contributed by atoms with Gasteiger partial charge in [-0.15, -0.1) is 0 Å². The lowest BCUT2D eigenvalue weighted by Gasteiger charge is -2.13. The van der Waals surface area contributed by atoms with Gasteiger partial charge in [-0.05, 0) is 24.6 Å². The number of hydrogen-bond donors (Lipinski definition) is 1. The van der Waals surface area contributed by atoms with E-state index in [0.29, 0.717) is 6.61 Å². The topological polar surface area (TPSA) is 35.2 Å². The second kappa shape index (κ2) is 5.51. The summed E-state index contributed by atoms with van der Waals surface area (Å²) in [5.41, 5.74) is 8.41. The van der Waals surface area contributed by atoms with E-state index in [9.17, 15) is 0 Å². The number of aryl methyl sites for hydroxylation is 1. The number of nitrogens with two attached hydrogens (primary N) is 1. The van der Waals surface area contributed by atoms with Crippen LogP contribution in [0.2, 0.25) is 0 Å². The van der Waals surface area contributed by atoms with E-state index >= 15 is 0 Å². The lowest BCUT2D eigenvalue weighted by atomic mass is 10.1. The van der Waals surface area contributed by atoms with E-state index in [1.54, 1.807) is 0 Å². The molecule has 0 aliphatic carbocycles. The second-order valence-corrected chi connectivity index (χ2v) is 4.14. The van der Waals surface area contributed by atoms with Crippen LogP contribution in [-0.2, 0) is 0 Å². The minimum absolute atomic E-state index is 0.0872. The third kappa shape index (κ3) is 3.33. The van der Waals surface area contributed by atoms with Crippen molar-refractivity contribution in [3.63, 3.8) is 0 Å². The Labute approximate surface area is 102 Å².